The van der Waals surface area contributed by atoms with Crippen molar-refractivity contribution < 1.29 is 12.9 Å². The molecule has 2 heterocycles. The topological polar surface area (TPSA) is 103 Å². The monoisotopic (exact) mass is 353 g/mol. The van der Waals surface area contributed by atoms with E-state index in [0.717, 1.165) is 0 Å². The number of nitrogens with zero attached hydrogens (tertiary/aromatic N) is 4. The van der Waals surface area contributed by atoms with E-state index in [1.54, 1.807) is 19.1 Å². The molecule has 1 N–H and O–H groups in total. The van der Waals surface area contributed by atoms with Gasteiger partial charge in [-0.15, -0.1) is 0 Å². The largest absolute Gasteiger partial charge is 0.360 e. The quantitative estimate of drug-likeness (QED) is 0.772. The Labute approximate surface area is 137 Å². The summed E-state index contributed by atoms with van der Waals surface area (Å²) in [6, 6.07) is 4.77. The molecular weight excluding hydrogens is 342 g/mol. The second kappa shape index (κ2) is 5.67. The summed E-state index contributed by atoms with van der Waals surface area (Å²) < 4.78 is 34.1. The van der Waals surface area contributed by atoms with Crippen LogP contribution < -0.4 is 4.72 Å². The van der Waals surface area contributed by atoms with Gasteiger partial charge in [-0.2, -0.15) is 5.10 Å². The van der Waals surface area contributed by atoms with Crippen LogP contribution in [0.2, 0.25) is 5.02 Å². The zero-order valence-corrected chi connectivity index (χ0v) is 13.8. The molecule has 0 spiro atoms. The highest BCUT2D eigenvalue weighted by Crippen LogP contribution is 2.28. The molecule has 2 aromatic heterocycles. The van der Waals surface area contributed by atoms with E-state index in [0.29, 0.717) is 10.7 Å². The third-order valence-electron chi connectivity index (χ3n) is 3.11. The highest BCUT2D eigenvalue weighted by atomic mass is 35.5. The van der Waals surface area contributed by atoms with Crippen LogP contribution in [0.1, 0.15) is 11.5 Å². The summed E-state index contributed by atoms with van der Waals surface area (Å²) in [5.74, 6) is 0.208. The molecular formula is C13H12ClN5O3S. The predicted molar refractivity (Wildman–Crippen MR) is 83.2 cm³/mol. The Morgan fingerprint density at radius 1 is 1.30 bits per heavy atom. The van der Waals surface area contributed by atoms with Crippen LogP contribution in [-0.2, 0) is 10.0 Å². The van der Waals surface area contributed by atoms with Gasteiger partial charge in [0, 0.05) is 5.02 Å². The van der Waals surface area contributed by atoms with E-state index in [4.69, 9.17) is 16.1 Å². The number of aromatic nitrogens is 4. The number of hydrogen-bond donors (Lipinski definition) is 1. The number of halogens is 1. The highest BCUT2D eigenvalue weighted by Gasteiger charge is 2.25. The molecule has 3 aromatic rings. The zero-order chi connectivity index (χ0) is 16.6. The van der Waals surface area contributed by atoms with Crippen LogP contribution >= 0.6 is 11.6 Å². The molecule has 0 aliphatic heterocycles. The lowest BCUT2D eigenvalue weighted by Crippen LogP contribution is -2.16. The highest BCUT2D eigenvalue weighted by molar-refractivity contribution is 7.92. The summed E-state index contributed by atoms with van der Waals surface area (Å²) in [7, 11) is -3.89. The van der Waals surface area contributed by atoms with E-state index in [2.05, 4.69) is 20.0 Å². The maximum atomic E-state index is 12.6. The van der Waals surface area contributed by atoms with Crippen LogP contribution in [0.15, 0.2) is 40.3 Å². The van der Waals surface area contributed by atoms with Gasteiger partial charge in [-0.05, 0) is 32.0 Å². The fourth-order valence-electron chi connectivity index (χ4n) is 2.18. The predicted octanol–water partition coefficient (Wildman–Crippen LogP) is 2.33. The maximum absolute atomic E-state index is 12.6. The molecule has 23 heavy (non-hydrogen) atoms. The van der Waals surface area contributed by atoms with Crippen LogP contribution in [0.4, 0.5) is 5.69 Å². The van der Waals surface area contributed by atoms with Gasteiger partial charge in [-0.25, -0.2) is 18.1 Å². The molecule has 120 valence electrons. The van der Waals surface area contributed by atoms with E-state index in [1.165, 1.54) is 30.3 Å². The van der Waals surface area contributed by atoms with Gasteiger partial charge in [-0.3, -0.25) is 4.72 Å². The molecule has 0 atom stereocenters. The molecule has 0 saturated carbocycles. The molecule has 0 bridgehead atoms. The van der Waals surface area contributed by atoms with Crippen molar-refractivity contribution in [3.63, 3.8) is 0 Å². The Balaban J connectivity index is 2.08. The van der Waals surface area contributed by atoms with Crippen molar-refractivity contribution in [2.45, 2.75) is 18.7 Å². The second-order valence-electron chi connectivity index (χ2n) is 4.76. The number of sulfonamides is 1. The summed E-state index contributed by atoms with van der Waals surface area (Å²) in [4.78, 5) is 3.86. The Hall–Kier alpha value is -2.39. The van der Waals surface area contributed by atoms with Crippen molar-refractivity contribution in [2.24, 2.45) is 0 Å². The molecule has 0 radical (unpaired) electrons. The SMILES string of the molecule is Cc1noc(C)c1S(=O)(=O)Nc1cc(Cl)ccc1-n1cncn1. The summed E-state index contributed by atoms with van der Waals surface area (Å²) >= 11 is 5.98. The van der Waals surface area contributed by atoms with Crippen LogP contribution in [-0.4, -0.2) is 28.3 Å². The average molecular weight is 354 g/mol. The Bertz CT molecular complexity index is 931. The number of nitrogens with one attached hydrogen (secondary N) is 1. The van der Waals surface area contributed by atoms with Crippen LogP contribution in [0.25, 0.3) is 5.69 Å². The van der Waals surface area contributed by atoms with Crippen molar-refractivity contribution in [2.75, 3.05) is 4.72 Å². The third-order valence-corrected chi connectivity index (χ3v) is 4.95. The molecule has 8 nitrogen and oxygen atoms in total. The fourth-order valence-corrected chi connectivity index (χ4v) is 3.75. The van der Waals surface area contributed by atoms with Crippen molar-refractivity contribution >= 4 is 27.3 Å². The minimum Gasteiger partial charge on any atom is -0.360 e. The molecule has 3 rings (SSSR count). The van der Waals surface area contributed by atoms with Gasteiger partial charge in [0.05, 0.1) is 11.4 Å². The molecule has 0 fully saturated rings. The van der Waals surface area contributed by atoms with E-state index >= 15 is 0 Å². The van der Waals surface area contributed by atoms with E-state index in [1.807, 2.05) is 0 Å². The molecule has 0 saturated heterocycles. The maximum Gasteiger partial charge on any atom is 0.267 e. The first-order chi connectivity index (χ1) is 10.9. The third kappa shape index (κ3) is 2.92. The number of aryl methyl sites for hydroxylation is 2. The molecule has 10 heteroatoms. The van der Waals surface area contributed by atoms with E-state index in [-0.39, 0.29) is 22.0 Å². The first-order valence-electron chi connectivity index (χ1n) is 6.49. The van der Waals surface area contributed by atoms with Crippen LogP contribution in [0.5, 0.6) is 0 Å². The molecule has 1 aromatic carbocycles. The van der Waals surface area contributed by atoms with Crippen molar-refractivity contribution in [3.05, 3.63) is 47.3 Å². The minimum absolute atomic E-state index is 0.00187. The van der Waals surface area contributed by atoms with Gasteiger partial charge in [0.1, 0.15) is 18.3 Å². The van der Waals surface area contributed by atoms with Gasteiger partial charge in [0.15, 0.2) is 10.7 Å². The van der Waals surface area contributed by atoms with Crippen molar-refractivity contribution in [1.82, 2.24) is 19.9 Å². The number of benzene rings is 1. The van der Waals surface area contributed by atoms with Crippen molar-refractivity contribution in [3.8, 4) is 5.69 Å². The lowest BCUT2D eigenvalue weighted by Gasteiger charge is -2.12. The van der Waals surface area contributed by atoms with Gasteiger partial charge in [-0.1, -0.05) is 16.8 Å². The Morgan fingerprint density at radius 2 is 2.09 bits per heavy atom. The lowest BCUT2D eigenvalue weighted by molar-refractivity contribution is 0.390. The first kappa shape index (κ1) is 15.5. The number of rotatable bonds is 4. The summed E-state index contributed by atoms with van der Waals surface area (Å²) in [6.07, 6.45) is 2.80. The average Bonchev–Trinajstić information content (AvgIpc) is 3.09. The van der Waals surface area contributed by atoms with Crippen LogP contribution in [0.3, 0.4) is 0 Å². The molecule has 0 aliphatic carbocycles. The number of anilines is 1. The zero-order valence-electron chi connectivity index (χ0n) is 12.2. The summed E-state index contributed by atoms with van der Waals surface area (Å²) in [5.41, 5.74) is 1.03. The Kier molecular flexibility index (Phi) is 3.82. The van der Waals surface area contributed by atoms with E-state index < -0.39 is 10.0 Å². The fraction of sp³-hybridized carbons (Fsp3) is 0.154. The van der Waals surface area contributed by atoms with E-state index in [9.17, 15) is 8.42 Å². The normalized spacial score (nSPS) is 11.6. The van der Waals surface area contributed by atoms with Crippen LogP contribution in [0, 0.1) is 13.8 Å². The van der Waals surface area contributed by atoms with Crippen molar-refractivity contribution in [1.29, 1.82) is 0 Å². The van der Waals surface area contributed by atoms with Gasteiger partial charge in [0.2, 0.25) is 0 Å². The number of hydrogen-bond acceptors (Lipinski definition) is 6. The first-order valence-corrected chi connectivity index (χ1v) is 8.35. The molecule has 0 amide bonds. The second-order valence-corrected chi connectivity index (χ2v) is 6.82. The van der Waals surface area contributed by atoms with Gasteiger partial charge < -0.3 is 4.52 Å². The Morgan fingerprint density at radius 3 is 2.70 bits per heavy atom. The molecule has 0 aliphatic rings. The lowest BCUT2D eigenvalue weighted by atomic mass is 10.3. The summed E-state index contributed by atoms with van der Waals surface area (Å²) in [6.45, 7) is 3.09. The smallest absolute Gasteiger partial charge is 0.267 e. The standard InChI is InChI=1S/C13H12ClN5O3S/c1-8-13(9(2)22-17-8)23(20,21)18-11-5-10(14)3-4-12(11)19-7-15-6-16-19/h3-7,18H,1-2H3. The minimum atomic E-state index is -3.89. The van der Waals surface area contributed by atoms with Gasteiger partial charge >= 0.3 is 0 Å². The molecule has 0 unspecified atom stereocenters. The van der Waals surface area contributed by atoms with Gasteiger partial charge in [0.25, 0.3) is 10.0 Å². The summed E-state index contributed by atoms with van der Waals surface area (Å²) in [5, 5.41) is 8.05.